The van der Waals surface area contributed by atoms with Crippen LogP contribution in [-0.4, -0.2) is 30.6 Å². The van der Waals surface area contributed by atoms with Crippen LogP contribution < -0.4 is 11.1 Å². The number of ether oxygens (including phenoxy) is 1. The number of carbonyl (C=O) groups is 1. The van der Waals surface area contributed by atoms with E-state index in [9.17, 15) is 4.79 Å². The Kier molecular flexibility index (Phi) is 4.53. The molecule has 3 N–H and O–H groups in total. The fourth-order valence-corrected chi connectivity index (χ4v) is 2.06. The van der Waals surface area contributed by atoms with Crippen molar-refractivity contribution in [1.82, 2.24) is 10.3 Å². The van der Waals surface area contributed by atoms with E-state index in [1.807, 2.05) is 31.2 Å². The molecule has 0 aliphatic heterocycles. The van der Waals surface area contributed by atoms with E-state index in [0.717, 1.165) is 17.2 Å². The van der Waals surface area contributed by atoms with Gasteiger partial charge in [-0.2, -0.15) is 0 Å². The second-order valence-corrected chi connectivity index (χ2v) is 4.65. The van der Waals surface area contributed by atoms with Crippen molar-refractivity contribution >= 4 is 22.5 Å². The van der Waals surface area contributed by atoms with Gasteiger partial charge < -0.3 is 15.8 Å². The summed E-state index contributed by atoms with van der Waals surface area (Å²) >= 11 is 0. The van der Waals surface area contributed by atoms with Crippen LogP contribution in [0.2, 0.25) is 0 Å². The first-order chi connectivity index (χ1) is 9.65. The molecular formula is C15H19N3O2. The van der Waals surface area contributed by atoms with Gasteiger partial charge in [0.15, 0.2) is 0 Å². The van der Waals surface area contributed by atoms with Crippen LogP contribution in [0.3, 0.4) is 0 Å². The molecular weight excluding hydrogens is 254 g/mol. The van der Waals surface area contributed by atoms with Gasteiger partial charge in [-0.25, -0.2) is 4.98 Å². The minimum absolute atomic E-state index is 0.0259. The quantitative estimate of drug-likeness (QED) is 0.873. The Bertz CT molecular complexity index is 613. The molecule has 5 nitrogen and oxygen atoms in total. The van der Waals surface area contributed by atoms with Crippen LogP contribution in [0.25, 0.3) is 10.8 Å². The van der Waals surface area contributed by atoms with Crippen molar-refractivity contribution in [3.05, 3.63) is 36.0 Å². The Morgan fingerprint density at radius 2 is 2.20 bits per heavy atom. The Hall–Kier alpha value is -2.14. The zero-order valence-electron chi connectivity index (χ0n) is 11.7. The van der Waals surface area contributed by atoms with E-state index in [0.29, 0.717) is 18.1 Å². The van der Waals surface area contributed by atoms with E-state index < -0.39 is 0 Å². The van der Waals surface area contributed by atoms with Gasteiger partial charge in [0.25, 0.3) is 5.91 Å². The number of hydrogen-bond acceptors (Lipinski definition) is 4. The molecule has 1 unspecified atom stereocenters. The second kappa shape index (κ2) is 6.34. The summed E-state index contributed by atoms with van der Waals surface area (Å²) in [5, 5.41) is 4.66. The van der Waals surface area contributed by atoms with Crippen molar-refractivity contribution in [2.45, 2.75) is 19.4 Å². The summed E-state index contributed by atoms with van der Waals surface area (Å²) in [7, 11) is 1.61. The maximum Gasteiger partial charge on any atom is 0.270 e. The average Bonchev–Trinajstić information content (AvgIpc) is 2.46. The number of fused-ring (bicyclic) bond motifs is 1. The summed E-state index contributed by atoms with van der Waals surface area (Å²) in [6.45, 7) is 2.47. The van der Waals surface area contributed by atoms with Crippen molar-refractivity contribution in [3.63, 3.8) is 0 Å². The van der Waals surface area contributed by atoms with Crippen LogP contribution in [0.1, 0.15) is 23.8 Å². The lowest BCUT2D eigenvalue weighted by Crippen LogP contribution is -2.37. The molecule has 1 amide bonds. The van der Waals surface area contributed by atoms with Crippen LogP contribution in [0.15, 0.2) is 30.3 Å². The number of nitrogens with zero attached hydrogens (tertiary/aromatic N) is 1. The number of rotatable bonds is 5. The van der Waals surface area contributed by atoms with Crippen LogP contribution in [-0.2, 0) is 4.74 Å². The molecule has 0 saturated carbocycles. The number of hydrogen-bond donors (Lipinski definition) is 2. The predicted molar refractivity (Wildman–Crippen MR) is 79.6 cm³/mol. The van der Waals surface area contributed by atoms with Gasteiger partial charge in [0.05, 0.1) is 12.6 Å². The molecule has 0 saturated heterocycles. The van der Waals surface area contributed by atoms with Crippen molar-refractivity contribution in [2.75, 3.05) is 19.5 Å². The third kappa shape index (κ3) is 3.05. The minimum Gasteiger partial charge on any atom is -0.383 e. The summed E-state index contributed by atoms with van der Waals surface area (Å²) in [4.78, 5) is 16.4. The Morgan fingerprint density at radius 1 is 1.45 bits per heavy atom. The van der Waals surface area contributed by atoms with Gasteiger partial charge in [-0.1, -0.05) is 31.2 Å². The van der Waals surface area contributed by atoms with E-state index in [1.54, 1.807) is 13.2 Å². The zero-order valence-corrected chi connectivity index (χ0v) is 11.7. The predicted octanol–water partition coefficient (Wildman–Crippen LogP) is 1.97. The van der Waals surface area contributed by atoms with Crippen molar-refractivity contribution in [3.8, 4) is 0 Å². The molecule has 20 heavy (non-hydrogen) atoms. The first kappa shape index (κ1) is 14.3. The van der Waals surface area contributed by atoms with E-state index in [4.69, 9.17) is 10.5 Å². The Balaban J connectivity index is 2.26. The highest BCUT2D eigenvalue weighted by Gasteiger charge is 2.14. The number of carbonyl (C=O) groups excluding carboxylic acids is 1. The number of amides is 1. The zero-order chi connectivity index (χ0) is 14.5. The molecule has 0 fully saturated rings. The van der Waals surface area contributed by atoms with Crippen LogP contribution in [0, 0.1) is 0 Å². The summed E-state index contributed by atoms with van der Waals surface area (Å²) in [5.74, 6) is 0.138. The molecule has 0 aliphatic rings. The highest BCUT2D eigenvalue weighted by atomic mass is 16.5. The van der Waals surface area contributed by atoms with E-state index >= 15 is 0 Å². The van der Waals surface area contributed by atoms with Gasteiger partial charge in [-0.3, -0.25) is 4.79 Å². The van der Waals surface area contributed by atoms with Gasteiger partial charge in [-0.05, 0) is 17.9 Å². The number of nitrogens with two attached hydrogens (primary N) is 1. The molecule has 1 atom stereocenters. The molecule has 2 aromatic rings. The number of nitrogens with one attached hydrogen (secondary N) is 1. The third-order valence-electron chi connectivity index (χ3n) is 3.20. The first-order valence-corrected chi connectivity index (χ1v) is 6.60. The first-order valence-electron chi connectivity index (χ1n) is 6.60. The van der Waals surface area contributed by atoms with Crippen LogP contribution in [0.5, 0.6) is 0 Å². The largest absolute Gasteiger partial charge is 0.383 e. The highest BCUT2D eigenvalue weighted by Crippen LogP contribution is 2.19. The molecule has 0 radical (unpaired) electrons. The monoisotopic (exact) mass is 273 g/mol. The smallest absolute Gasteiger partial charge is 0.270 e. The fraction of sp³-hybridized carbons (Fsp3) is 0.333. The molecule has 0 bridgehead atoms. The maximum atomic E-state index is 12.2. The molecule has 0 spiro atoms. The SMILES string of the molecule is CCC(COC)NC(=O)c1cc2ccccc2c(N)n1. The van der Waals surface area contributed by atoms with Gasteiger partial charge in [-0.15, -0.1) is 0 Å². The maximum absolute atomic E-state index is 12.2. The van der Waals surface area contributed by atoms with E-state index in [-0.39, 0.29) is 11.9 Å². The lowest BCUT2D eigenvalue weighted by atomic mass is 10.1. The number of aromatic nitrogens is 1. The van der Waals surface area contributed by atoms with Crippen molar-refractivity contribution in [1.29, 1.82) is 0 Å². The topological polar surface area (TPSA) is 77.2 Å². The molecule has 5 heteroatoms. The molecule has 106 valence electrons. The summed E-state index contributed by atoms with van der Waals surface area (Å²) < 4.78 is 5.07. The molecule has 1 aromatic heterocycles. The number of benzene rings is 1. The summed E-state index contributed by atoms with van der Waals surface area (Å²) in [6, 6.07) is 9.33. The third-order valence-corrected chi connectivity index (χ3v) is 3.20. The Morgan fingerprint density at radius 3 is 2.90 bits per heavy atom. The van der Waals surface area contributed by atoms with E-state index in [2.05, 4.69) is 10.3 Å². The Labute approximate surface area is 118 Å². The van der Waals surface area contributed by atoms with Gasteiger partial charge in [0.1, 0.15) is 11.5 Å². The van der Waals surface area contributed by atoms with E-state index in [1.165, 1.54) is 0 Å². The second-order valence-electron chi connectivity index (χ2n) is 4.65. The molecule has 1 heterocycles. The molecule has 1 aromatic carbocycles. The normalized spacial score (nSPS) is 12.3. The molecule has 2 rings (SSSR count). The minimum atomic E-state index is -0.230. The lowest BCUT2D eigenvalue weighted by molar-refractivity contribution is 0.0890. The molecule has 0 aliphatic carbocycles. The number of anilines is 1. The number of pyridine rings is 1. The number of nitrogen functional groups attached to an aromatic ring is 1. The highest BCUT2D eigenvalue weighted by molar-refractivity contribution is 5.99. The summed E-state index contributed by atoms with van der Waals surface area (Å²) in [5.41, 5.74) is 6.23. The standard InChI is InChI=1S/C15H19N3O2/c1-3-11(9-20-2)17-15(19)13-8-10-6-4-5-7-12(10)14(16)18-13/h4-8,11H,3,9H2,1-2H3,(H2,16,18)(H,17,19). The summed E-state index contributed by atoms with van der Waals surface area (Å²) in [6.07, 6.45) is 0.794. The average molecular weight is 273 g/mol. The fourth-order valence-electron chi connectivity index (χ4n) is 2.06. The van der Waals surface area contributed by atoms with Crippen molar-refractivity contribution < 1.29 is 9.53 Å². The number of methoxy groups -OCH3 is 1. The van der Waals surface area contributed by atoms with Gasteiger partial charge >= 0.3 is 0 Å². The van der Waals surface area contributed by atoms with Gasteiger partial charge in [0.2, 0.25) is 0 Å². The van der Waals surface area contributed by atoms with Crippen molar-refractivity contribution in [2.24, 2.45) is 0 Å². The van der Waals surface area contributed by atoms with Gasteiger partial charge in [0, 0.05) is 12.5 Å². The lowest BCUT2D eigenvalue weighted by Gasteiger charge is -2.16. The van der Waals surface area contributed by atoms with Crippen LogP contribution >= 0.6 is 0 Å². The van der Waals surface area contributed by atoms with Crippen LogP contribution in [0.4, 0.5) is 5.82 Å².